The molecule has 1 aromatic heterocycles. The summed E-state index contributed by atoms with van der Waals surface area (Å²) in [5.41, 5.74) is 2.16. The summed E-state index contributed by atoms with van der Waals surface area (Å²) in [5.74, 6) is 5.06. The summed E-state index contributed by atoms with van der Waals surface area (Å²) in [7, 11) is 0. The number of hydrogen-bond donors (Lipinski definition) is 2. The van der Waals surface area contributed by atoms with Crippen LogP contribution in [-0.4, -0.2) is 17.7 Å². The van der Waals surface area contributed by atoms with E-state index in [1.54, 1.807) is 0 Å². The van der Waals surface area contributed by atoms with E-state index in [9.17, 15) is 4.79 Å². The fraction of sp³-hybridized carbons (Fsp3) is 0.692. The van der Waals surface area contributed by atoms with Gasteiger partial charge in [-0.05, 0) is 6.42 Å². The summed E-state index contributed by atoms with van der Waals surface area (Å²) in [6.45, 7) is 3.24. The minimum atomic E-state index is -0.467. The van der Waals surface area contributed by atoms with Crippen molar-refractivity contribution in [2.45, 2.75) is 52.1 Å². The highest BCUT2D eigenvalue weighted by Crippen LogP contribution is 2.07. The molecule has 0 saturated carbocycles. The molecule has 1 aromatic rings. The molecule has 0 fully saturated rings. The zero-order valence-electron chi connectivity index (χ0n) is 11.5. The van der Waals surface area contributed by atoms with Gasteiger partial charge in [-0.1, -0.05) is 44.2 Å². The predicted molar refractivity (Wildman–Crippen MR) is 71.2 cm³/mol. The van der Waals surface area contributed by atoms with Crippen molar-refractivity contribution in [3.63, 3.8) is 0 Å². The van der Waals surface area contributed by atoms with Gasteiger partial charge in [0.15, 0.2) is 11.5 Å². The molecule has 0 saturated heterocycles. The molecule has 0 aromatic carbocycles. The minimum absolute atomic E-state index is 0.167. The number of nitrogens with zero attached hydrogens (tertiary/aromatic N) is 1. The van der Waals surface area contributed by atoms with E-state index < -0.39 is 5.91 Å². The summed E-state index contributed by atoms with van der Waals surface area (Å²) in [6.07, 6.45) is 7.38. The van der Waals surface area contributed by atoms with Gasteiger partial charge in [0.25, 0.3) is 5.91 Å². The molecule has 0 aliphatic rings. The maximum absolute atomic E-state index is 11.1. The van der Waals surface area contributed by atoms with Crippen LogP contribution in [-0.2, 0) is 11.3 Å². The Labute approximate surface area is 113 Å². The molecule has 1 amide bonds. The third-order valence-corrected chi connectivity index (χ3v) is 2.81. The normalized spacial score (nSPS) is 10.6. The maximum Gasteiger partial charge on any atom is 0.287 e. The van der Waals surface area contributed by atoms with E-state index in [-0.39, 0.29) is 5.69 Å². The van der Waals surface area contributed by atoms with Gasteiger partial charge in [0.1, 0.15) is 6.61 Å². The highest BCUT2D eigenvalue weighted by atomic mass is 16.5. The van der Waals surface area contributed by atoms with Crippen LogP contribution in [0.3, 0.4) is 0 Å². The largest absolute Gasteiger partial charge is 0.373 e. The number of carbonyl (C=O) groups is 1. The van der Waals surface area contributed by atoms with Crippen LogP contribution >= 0.6 is 0 Å². The Morgan fingerprint density at radius 2 is 2.11 bits per heavy atom. The second kappa shape index (κ2) is 9.52. The van der Waals surface area contributed by atoms with Gasteiger partial charge < -0.3 is 9.26 Å². The van der Waals surface area contributed by atoms with Crippen LogP contribution in [0.15, 0.2) is 10.6 Å². The summed E-state index contributed by atoms with van der Waals surface area (Å²) < 4.78 is 10.4. The average molecular weight is 269 g/mol. The van der Waals surface area contributed by atoms with E-state index in [0.29, 0.717) is 19.0 Å². The average Bonchev–Trinajstić information content (AvgIpc) is 2.89. The van der Waals surface area contributed by atoms with Crippen molar-refractivity contribution in [3.05, 3.63) is 17.5 Å². The quantitative estimate of drug-likeness (QED) is 0.294. The number of rotatable bonds is 10. The van der Waals surface area contributed by atoms with Crippen molar-refractivity contribution >= 4 is 5.91 Å². The van der Waals surface area contributed by atoms with Crippen molar-refractivity contribution in [2.75, 3.05) is 6.61 Å². The van der Waals surface area contributed by atoms with Gasteiger partial charge in [0.05, 0.1) is 0 Å². The third-order valence-electron chi connectivity index (χ3n) is 2.81. The van der Waals surface area contributed by atoms with Crippen molar-refractivity contribution in [2.24, 2.45) is 5.84 Å². The van der Waals surface area contributed by atoms with Crippen molar-refractivity contribution < 1.29 is 14.1 Å². The third kappa shape index (κ3) is 6.35. The van der Waals surface area contributed by atoms with Crippen molar-refractivity contribution in [3.8, 4) is 0 Å². The number of aromatic nitrogens is 1. The van der Waals surface area contributed by atoms with E-state index in [1.165, 1.54) is 38.2 Å². The van der Waals surface area contributed by atoms with Gasteiger partial charge in [0.2, 0.25) is 0 Å². The highest BCUT2D eigenvalue weighted by molar-refractivity contribution is 5.91. The lowest BCUT2D eigenvalue weighted by Gasteiger charge is -2.01. The molecule has 0 aliphatic carbocycles. The molecule has 0 unspecified atom stereocenters. The maximum atomic E-state index is 11.1. The van der Waals surface area contributed by atoms with Gasteiger partial charge in [-0.2, -0.15) is 0 Å². The second-order valence-electron chi connectivity index (χ2n) is 4.47. The lowest BCUT2D eigenvalue weighted by molar-refractivity contribution is 0.0933. The first-order valence-electron chi connectivity index (χ1n) is 6.82. The van der Waals surface area contributed by atoms with E-state index in [4.69, 9.17) is 15.1 Å². The Bertz CT molecular complexity index is 366. The SMILES string of the molecule is CCCCCCCCOCc1cc(C(=O)NN)no1. The number of carbonyl (C=O) groups excluding carboxylic acids is 1. The monoisotopic (exact) mass is 269 g/mol. The number of nitrogens with two attached hydrogens (primary N) is 1. The van der Waals surface area contributed by atoms with E-state index in [0.717, 1.165) is 6.42 Å². The molecule has 6 nitrogen and oxygen atoms in total. The van der Waals surface area contributed by atoms with Crippen LogP contribution in [0.25, 0.3) is 0 Å². The first-order valence-corrected chi connectivity index (χ1v) is 6.82. The van der Waals surface area contributed by atoms with Gasteiger partial charge in [-0.25, -0.2) is 5.84 Å². The van der Waals surface area contributed by atoms with E-state index in [1.807, 2.05) is 5.43 Å². The van der Waals surface area contributed by atoms with Crippen molar-refractivity contribution in [1.29, 1.82) is 0 Å². The van der Waals surface area contributed by atoms with Gasteiger partial charge in [-0.15, -0.1) is 0 Å². The molecule has 0 atom stereocenters. The number of amides is 1. The van der Waals surface area contributed by atoms with Crippen LogP contribution in [0.4, 0.5) is 0 Å². The molecular formula is C13H23N3O3. The number of hydrogen-bond acceptors (Lipinski definition) is 5. The number of ether oxygens (including phenoxy) is 1. The Kier molecular flexibility index (Phi) is 7.84. The van der Waals surface area contributed by atoms with Crippen LogP contribution in [0.1, 0.15) is 61.7 Å². The molecule has 3 N–H and O–H groups in total. The summed E-state index contributed by atoms with van der Waals surface area (Å²) in [4.78, 5) is 11.1. The number of unbranched alkanes of at least 4 members (excludes halogenated alkanes) is 5. The highest BCUT2D eigenvalue weighted by Gasteiger charge is 2.10. The fourth-order valence-electron chi connectivity index (χ4n) is 1.72. The minimum Gasteiger partial charge on any atom is -0.373 e. The molecule has 19 heavy (non-hydrogen) atoms. The first kappa shape index (κ1) is 15.7. The molecule has 0 radical (unpaired) electrons. The molecule has 0 bridgehead atoms. The Morgan fingerprint density at radius 1 is 1.37 bits per heavy atom. The smallest absolute Gasteiger partial charge is 0.287 e. The number of nitrogen functional groups attached to an aromatic ring is 1. The second-order valence-corrected chi connectivity index (χ2v) is 4.47. The van der Waals surface area contributed by atoms with Crippen molar-refractivity contribution in [1.82, 2.24) is 10.6 Å². The first-order chi connectivity index (χ1) is 9.27. The lowest BCUT2D eigenvalue weighted by Crippen LogP contribution is -2.30. The van der Waals surface area contributed by atoms with Crippen LogP contribution in [0.5, 0.6) is 0 Å². The molecular weight excluding hydrogens is 246 g/mol. The Hall–Kier alpha value is -1.40. The molecule has 0 aliphatic heterocycles. The zero-order chi connectivity index (χ0) is 13.9. The Morgan fingerprint density at radius 3 is 2.84 bits per heavy atom. The molecule has 0 spiro atoms. The topological polar surface area (TPSA) is 90.4 Å². The van der Waals surface area contributed by atoms with Crippen LogP contribution < -0.4 is 11.3 Å². The Balaban J connectivity index is 2.06. The molecule has 6 heteroatoms. The lowest BCUT2D eigenvalue weighted by atomic mass is 10.1. The number of nitrogens with one attached hydrogen (secondary N) is 1. The van der Waals surface area contributed by atoms with Crippen LogP contribution in [0, 0.1) is 0 Å². The standard InChI is InChI=1S/C13H23N3O3/c1-2-3-4-5-6-7-8-18-10-11-9-12(16-19-11)13(17)15-14/h9H,2-8,10,14H2,1H3,(H,15,17). The molecule has 108 valence electrons. The molecule has 1 heterocycles. The van der Waals surface area contributed by atoms with Gasteiger partial charge >= 0.3 is 0 Å². The van der Waals surface area contributed by atoms with Gasteiger partial charge in [0, 0.05) is 12.7 Å². The summed E-state index contributed by atoms with van der Waals surface area (Å²) in [5, 5.41) is 3.59. The summed E-state index contributed by atoms with van der Waals surface area (Å²) >= 11 is 0. The van der Waals surface area contributed by atoms with E-state index in [2.05, 4.69) is 12.1 Å². The predicted octanol–water partition coefficient (Wildman–Crippen LogP) is 2.16. The fourth-order valence-corrected chi connectivity index (χ4v) is 1.72. The summed E-state index contributed by atoms with van der Waals surface area (Å²) in [6, 6.07) is 1.53. The van der Waals surface area contributed by atoms with E-state index >= 15 is 0 Å². The zero-order valence-corrected chi connectivity index (χ0v) is 11.5. The molecule has 1 rings (SSSR count). The van der Waals surface area contributed by atoms with Crippen LogP contribution in [0.2, 0.25) is 0 Å². The van der Waals surface area contributed by atoms with Gasteiger partial charge in [-0.3, -0.25) is 10.2 Å². The number of hydrazine groups is 1.